The Morgan fingerprint density at radius 2 is 1.64 bits per heavy atom. The van der Waals surface area contributed by atoms with E-state index in [1.165, 1.54) is 39.9 Å². The van der Waals surface area contributed by atoms with E-state index in [0.717, 1.165) is 16.8 Å². The van der Waals surface area contributed by atoms with Gasteiger partial charge in [-0.1, -0.05) is 6.07 Å². The highest BCUT2D eigenvalue weighted by Gasteiger charge is 2.31. The van der Waals surface area contributed by atoms with Crippen LogP contribution in [-0.4, -0.2) is 23.6 Å². The molecule has 0 unspecified atom stereocenters. The summed E-state index contributed by atoms with van der Waals surface area (Å²) in [4.78, 5) is 25.7. The molecule has 0 saturated heterocycles. The third kappa shape index (κ3) is 4.15. The van der Waals surface area contributed by atoms with Crippen LogP contribution in [-0.2, 0) is 26.3 Å². The molecular weight excluding hydrogens is 461 g/mol. The molecule has 0 aliphatic heterocycles. The van der Waals surface area contributed by atoms with E-state index >= 15 is 0 Å². The third-order valence-electron chi connectivity index (χ3n) is 5.20. The molecule has 2 heterocycles. The monoisotopic (exact) mass is 482 g/mol. The first-order valence-electron chi connectivity index (χ1n) is 9.88. The van der Waals surface area contributed by atoms with Gasteiger partial charge < -0.3 is 5.11 Å². The summed E-state index contributed by atoms with van der Waals surface area (Å²) >= 11 is 5.21. The van der Waals surface area contributed by atoms with E-state index in [9.17, 15) is 27.9 Å². The minimum absolute atomic E-state index is 0.0163. The van der Waals surface area contributed by atoms with Crippen molar-refractivity contribution in [2.75, 3.05) is 0 Å². The maximum atomic E-state index is 13.1. The van der Waals surface area contributed by atoms with Gasteiger partial charge in [0.1, 0.15) is 0 Å². The second kappa shape index (κ2) is 8.81. The molecule has 0 aliphatic rings. The number of rotatable bonds is 5. The van der Waals surface area contributed by atoms with Gasteiger partial charge in [0.2, 0.25) is 11.6 Å². The zero-order valence-electron chi connectivity index (χ0n) is 18.2. The van der Waals surface area contributed by atoms with Crippen molar-refractivity contribution in [2.45, 2.75) is 40.0 Å². The van der Waals surface area contributed by atoms with Gasteiger partial charge in [-0.15, -0.1) is 10.2 Å². The third-order valence-corrected chi connectivity index (χ3v) is 5.64. The molecule has 0 bridgehead atoms. The molecule has 0 saturated carbocycles. The summed E-state index contributed by atoms with van der Waals surface area (Å²) in [6.07, 6.45) is -4.58. The fraction of sp³-hybridized carbons (Fsp3) is 0.350. The Hall–Kier alpha value is -3.48. The lowest BCUT2D eigenvalue weighted by Crippen LogP contribution is -2.24. The average molecular weight is 482 g/mol. The summed E-state index contributed by atoms with van der Waals surface area (Å²) in [6.45, 7) is 5.44. The van der Waals surface area contributed by atoms with E-state index < -0.39 is 34.4 Å². The quantitative estimate of drug-likeness (QED) is 0.432. The number of azo groups is 1. The largest absolute Gasteiger partial charge is 0.493 e. The van der Waals surface area contributed by atoms with E-state index in [2.05, 4.69) is 10.2 Å². The first kappa shape index (κ1) is 24.2. The zero-order valence-corrected chi connectivity index (χ0v) is 19.0. The van der Waals surface area contributed by atoms with Crippen LogP contribution in [0.15, 0.2) is 44.1 Å². The molecule has 1 N–H and O–H groups in total. The molecule has 0 amide bonds. The minimum Gasteiger partial charge on any atom is -0.493 e. The molecule has 0 radical (unpaired) electrons. The van der Waals surface area contributed by atoms with Gasteiger partial charge in [-0.05, 0) is 51.2 Å². The van der Waals surface area contributed by atoms with Gasteiger partial charge in [0.05, 0.1) is 16.9 Å². The van der Waals surface area contributed by atoms with E-state index in [-0.39, 0.29) is 29.2 Å². The van der Waals surface area contributed by atoms with Gasteiger partial charge >= 0.3 is 6.18 Å². The van der Waals surface area contributed by atoms with E-state index in [0.29, 0.717) is 5.69 Å². The van der Waals surface area contributed by atoms with Crippen LogP contribution in [0.4, 0.5) is 24.5 Å². The summed E-state index contributed by atoms with van der Waals surface area (Å²) in [5, 5.41) is 18.2. The molecule has 0 atom stereocenters. The number of benzene rings is 1. The lowest BCUT2D eigenvalue weighted by molar-refractivity contribution is -0.137. The Morgan fingerprint density at radius 1 is 1.03 bits per heavy atom. The van der Waals surface area contributed by atoms with Crippen LogP contribution in [0, 0.1) is 11.7 Å². The molecule has 0 spiro atoms. The summed E-state index contributed by atoms with van der Waals surface area (Å²) in [7, 11) is 1.48. The second-order valence-corrected chi connectivity index (χ2v) is 7.44. The molecule has 3 aromatic rings. The highest BCUT2D eigenvalue weighted by molar-refractivity contribution is 7.71. The van der Waals surface area contributed by atoms with Crippen molar-refractivity contribution < 1.29 is 18.3 Å². The standard InChI is InChI=1S/C20H21F3N6O3S/c1-5-27-16(30)15(17(31)28(6-2)19(27)33)25-24-14-11(3)26(4)29(18(14)32)13-9-7-8-12(10-13)20(21,22)23/h7-10,30H,5-6H2,1-4H3/b25-24+. The molecule has 0 aliphatic carbocycles. The van der Waals surface area contributed by atoms with Crippen molar-refractivity contribution in [2.24, 2.45) is 17.3 Å². The van der Waals surface area contributed by atoms with Gasteiger partial charge in [-0.2, -0.15) is 13.2 Å². The maximum Gasteiger partial charge on any atom is 0.416 e. The van der Waals surface area contributed by atoms with Crippen molar-refractivity contribution in [1.82, 2.24) is 18.5 Å². The second-order valence-electron chi connectivity index (χ2n) is 7.07. The summed E-state index contributed by atoms with van der Waals surface area (Å²) in [6, 6.07) is 4.30. The van der Waals surface area contributed by atoms with Gasteiger partial charge in [-0.25, -0.2) is 4.68 Å². The number of hydrogen-bond acceptors (Lipinski definition) is 6. The molecular formula is C20H21F3N6O3S. The highest BCUT2D eigenvalue weighted by atomic mass is 32.1. The number of hydrogen-bond donors (Lipinski definition) is 1. The van der Waals surface area contributed by atoms with Crippen LogP contribution < -0.4 is 11.1 Å². The van der Waals surface area contributed by atoms with Gasteiger partial charge in [0.15, 0.2) is 10.5 Å². The van der Waals surface area contributed by atoms with Crippen LogP contribution in [0.3, 0.4) is 0 Å². The molecule has 33 heavy (non-hydrogen) atoms. The number of halogens is 3. The van der Waals surface area contributed by atoms with Crippen LogP contribution in [0.25, 0.3) is 5.69 Å². The van der Waals surface area contributed by atoms with Gasteiger partial charge in [-0.3, -0.25) is 23.4 Å². The first-order valence-corrected chi connectivity index (χ1v) is 10.3. The van der Waals surface area contributed by atoms with Crippen molar-refractivity contribution in [3.05, 3.63) is 61.0 Å². The van der Waals surface area contributed by atoms with E-state index in [4.69, 9.17) is 12.2 Å². The lowest BCUT2D eigenvalue weighted by atomic mass is 10.2. The molecule has 176 valence electrons. The van der Waals surface area contributed by atoms with Crippen LogP contribution >= 0.6 is 12.2 Å². The normalized spacial score (nSPS) is 12.1. The Labute approximate surface area is 190 Å². The Kier molecular flexibility index (Phi) is 6.45. The van der Waals surface area contributed by atoms with E-state index in [1.807, 2.05) is 0 Å². The highest BCUT2D eigenvalue weighted by Crippen LogP contribution is 2.31. The molecule has 9 nitrogen and oxygen atoms in total. The molecule has 2 aromatic heterocycles. The number of alkyl halides is 3. The van der Waals surface area contributed by atoms with Crippen molar-refractivity contribution in [3.8, 4) is 11.6 Å². The summed E-state index contributed by atoms with van der Waals surface area (Å²) in [5.41, 5.74) is -2.65. The van der Waals surface area contributed by atoms with Crippen LogP contribution in [0.1, 0.15) is 25.1 Å². The topological polar surface area (TPSA) is 98.8 Å². The van der Waals surface area contributed by atoms with Crippen molar-refractivity contribution >= 4 is 23.6 Å². The Balaban J connectivity index is 2.19. The van der Waals surface area contributed by atoms with Crippen LogP contribution in [0.2, 0.25) is 0 Å². The zero-order chi connectivity index (χ0) is 24.7. The average Bonchev–Trinajstić information content (AvgIpc) is 2.96. The van der Waals surface area contributed by atoms with Gasteiger partial charge in [0, 0.05) is 20.1 Å². The molecule has 13 heteroatoms. The lowest BCUT2D eigenvalue weighted by Gasteiger charge is -2.12. The number of nitrogens with zero attached hydrogens (tertiary/aromatic N) is 6. The fourth-order valence-electron chi connectivity index (χ4n) is 3.34. The number of aromatic hydroxyl groups is 1. The smallest absolute Gasteiger partial charge is 0.416 e. The van der Waals surface area contributed by atoms with Crippen LogP contribution in [0.5, 0.6) is 5.88 Å². The van der Waals surface area contributed by atoms with Crippen molar-refractivity contribution in [3.63, 3.8) is 0 Å². The SMILES string of the molecule is CCn1c(O)c(/N=N/c2c(C)n(C)n(-c3cccc(C(F)(F)F)c3)c2=O)c(=O)n(CC)c1=S. The van der Waals surface area contributed by atoms with Gasteiger partial charge in [0.25, 0.3) is 11.1 Å². The fourth-order valence-corrected chi connectivity index (χ4v) is 3.77. The molecule has 1 aromatic carbocycles. The first-order chi connectivity index (χ1) is 15.4. The van der Waals surface area contributed by atoms with Crippen molar-refractivity contribution in [1.29, 1.82) is 0 Å². The predicted molar refractivity (Wildman–Crippen MR) is 117 cm³/mol. The maximum absolute atomic E-state index is 13.1. The Bertz CT molecular complexity index is 1430. The number of aromatic nitrogens is 4. The molecule has 0 fully saturated rings. The predicted octanol–water partition coefficient (Wildman–Crippen LogP) is 4.36. The summed E-state index contributed by atoms with van der Waals surface area (Å²) < 4.78 is 44.3. The minimum atomic E-state index is -4.58. The summed E-state index contributed by atoms with van der Waals surface area (Å²) in [5.74, 6) is -0.493. The van der Waals surface area contributed by atoms with E-state index in [1.54, 1.807) is 13.8 Å². The molecule has 3 rings (SSSR count). The Morgan fingerprint density at radius 3 is 2.21 bits per heavy atom.